The van der Waals surface area contributed by atoms with Gasteiger partial charge in [-0.1, -0.05) is 59.9 Å². The monoisotopic (exact) mass is 462 g/mol. The molecule has 0 N–H and O–H groups in total. The topological polar surface area (TPSA) is 69.9 Å². The predicted molar refractivity (Wildman–Crippen MR) is 129 cm³/mol. The minimum atomic E-state index is -0.701. The first-order chi connectivity index (χ1) is 15.9. The molecular weight excluding hydrogens is 436 g/mol. The number of carbonyl (C=O) groups excluding carboxylic acids is 1. The fourth-order valence-corrected chi connectivity index (χ4v) is 4.90. The molecule has 1 atom stereocenters. The summed E-state index contributed by atoms with van der Waals surface area (Å²) in [5.41, 5.74) is 2.31. The minimum absolute atomic E-state index is 0.0730. The number of esters is 1. The summed E-state index contributed by atoms with van der Waals surface area (Å²) in [5, 5.41) is 0. The van der Waals surface area contributed by atoms with Crippen LogP contribution in [0.4, 0.5) is 0 Å². The van der Waals surface area contributed by atoms with Crippen LogP contribution in [0.5, 0.6) is 5.75 Å². The van der Waals surface area contributed by atoms with Crippen molar-refractivity contribution in [3.05, 3.63) is 96.7 Å². The molecule has 170 valence electrons. The predicted octanol–water partition coefficient (Wildman–Crippen LogP) is 3.59. The van der Waals surface area contributed by atoms with Crippen molar-refractivity contribution >= 4 is 23.4 Å². The van der Waals surface area contributed by atoms with Gasteiger partial charge < -0.3 is 9.47 Å². The van der Waals surface area contributed by atoms with E-state index < -0.39 is 12.0 Å². The zero-order valence-electron chi connectivity index (χ0n) is 19.1. The molecule has 0 saturated heterocycles. The van der Waals surface area contributed by atoms with Gasteiger partial charge in [-0.25, -0.2) is 9.79 Å². The molecule has 0 unspecified atom stereocenters. The van der Waals surface area contributed by atoms with Crippen molar-refractivity contribution in [1.82, 2.24) is 4.57 Å². The molecule has 3 aromatic rings. The van der Waals surface area contributed by atoms with Gasteiger partial charge in [-0.15, -0.1) is 0 Å². The Bertz CT molecular complexity index is 1380. The Morgan fingerprint density at radius 2 is 1.85 bits per heavy atom. The smallest absolute Gasteiger partial charge is 0.338 e. The van der Waals surface area contributed by atoms with E-state index in [1.807, 2.05) is 74.5 Å². The quantitative estimate of drug-likeness (QED) is 0.525. The van der Waals surface area contributed by atoms with Crippen molar-refractivity contribution in [2.24, 2.45) is 4.99 Å². The van der Waals surface area contributed by atoms with E-state index in [4.69, 9.17) is 9.47 Å². The van der Waals surface area contributed by atoms with Crippen LogP contribution in [0.1, 0.15) is 44.9 Å². The Balaban J connectivity index is 1.99. The lowest BCUT2D eigenvalue weighted by atomic mass is 9.95. The van der Waals surface area contributed by atoms with Gasteiger partial charge in [-0.3, -0.25) is 9.36 Å². The summed E-state index contributed by atoms with van der Waals surface area (Å²) in [7, 11) is 0. The Hall–Kier alpha value is -3.45. The number of para-hydroxylation sites is 1. The van der Waals surface area contributed by atoms with E-state index in [1.165, 1.54) is 11.3 Å². The van der Waals surface area contributed by atoms with Crippen molar-refractivity contribution in [3.63, 3.8) is 0 Å². The molecule has 2 heterocycles. The molecule has 0 aliphatic carbocycles. The molecule has 0 spiro atoms. The van der Waals surface area contributed by atoms with E-state index >= 15 is 0 Å². The van der Waals surface area contributed by atoms with Crippen LogP contribution >= 0.6 is 11.3 Å². The average molecular weight is 463 g/mol. The summed E-state index contributed by atoms with van der Waals surface area (Å²) in [6.45, 7) is 7.64. The highest BCUT2D eigenvalue weighted by molar-refractivity contribution is 7.07. The molecule has 0 radical (unpaired) electrons. The van der Waals surface area contributed by atoms with E-state index in [1.54, 1.807) is 18.4 Å². The van der Waals surface area contributed by atoms with Crippen LogP contribution in [0.15, 0.2) is 75.7 Å². The largest absolute Gasteiger partial charge is 0.491 e. The summed E-state index contributed by atoms with van der Waals surface area (Å²) in [6, 6.07) is 16.5. The highest BCUT2D eigenvalue weighted by Gasteiger charge is 2.35. The van der Waals surface area contributed by atoms with Crippen molar-refractivity contribution in [3.8, 4) is 5.75 Å². The van der Waals surface area contributed by atoms with Crippen molar-refractivity contribution in [2.45, 2.75) is 39.8 Å². The van der Waals surface area contributed by atoms with Crippen LogP contribution in [0.3, 0.4) is 0 Å². The number of nitrogens with zero attached hydrogens (tertiary/aromatic N) is 2. The van der Waals surface area contributed by atoms with Crippen molar-refractivity contribution in [2.75, 3.05) is 6.61 Å². The summed E-state index contributed by atoms with van der Waals surface area (Å²) >= 11 is 1.31. The molecule has 1 aliphatic heterocycles. The highest BCUT2D eigenvalue weighted by Crippen LogP contribution is 2.36. The van der Waals surface area contributed by atoms with E-state index in [0.717, 1.165) is 11.1 Å². The van der Waals surface area contributed by atoms with Crippen molar-refractivity contribution < 1.29 is 14.3 Å². The number of allylic oxidation sites excluding steroid dienone is 1. The zero-order chi connectivity index (χ0) is 23.5. The Morgan fingerprint density at radius 3 is 2.55 bits per heavy atom. The molecule has 33 heavy (non-hydrogen) atoms. The zero-order valence-corrected chi connectivity index (χ0v) is 19.9. The Kier molecular flexibility index (Phi) is 6.60. The van der Waals surface area contributed by atoms with Gasteiger partial charge in [0.1, 0.15) is 11.8 Å². The first-order valence-electron chi connectivity index (χ1n) is 10.9. The molecule has 1 aromatic heterocycles. The Morgan fingerprint density at radius 1 is 1.15 bits per heavy atom. The maximum atomic E-state index is 13.6. The van der Waals surface area contributed by atoms with Gasteiger partial charge in [0, 0.05) is 5.56 Å². The third-order valence-electron chi connectivity index (χ3n) is 5.19. The van der Waals surface area contributed by atoms with Gasteiger partial charge in [-0.05, 0) is 45.4 Å². The van der Waals surface area contributed by atoms with Gasteiger partial charge >= 0.3 is 5.97 Å². The number of fused-ring (bicyclic) bond motifs is 1. The first kappa shape index (κ1) is 22.7. The third-order valence-corrected chi connectivity index (χ3v) is 6.17. The molecule has 4 rings (SSSR count). The summed E-state index contributed by atoms with van der Waals surface area (Å²) < 4.78 is 13.5. The van der Waals surface area contributed by atoms with Gasteiger partial charge in [0.05, 0.1) is 28.5 Å². The first-order valence-corrected chi connectivity index (χ1v) is 11.7. The van der Waals surface area contributed by atoms with Crippen molar-refractivity contribution in [1.29, 1.82) is 0 Å². The summed E-state index contributed by atoms with van der Waals surface area (Å²) in [5.74, 6) is 0.132. The molecule has 0 bridgehead atoms. The standard InChI is InChI=1S/C26H26N2O4S/c1-5-31-25(30)22-17(4)27-26-28(23(22)19-13-9-10-14-20(19)32-16(2)3)24(29)21(33-26)15-18-11-7-6-8-12-18/h6-16,23H,5H2,1-4H3/b21-15+/t23-/m0/s1. The van der Waals surface area contributed by atoms with Crippen LogP contribution in [0.25, 0.3) is 6.08 Å². The van der Waals surface area contributed by atoms with E-state index in [-0.39, 0.29) is 18.3 Å². The number of thiazole rings is 1. The van der Waals surface area contributed by atoms with Gasteiger partial charge in [0.2, 0.25) is 0 Å². The van der Waals surface area contributed by atoms with E-state index in [9.17, 15) is 9.59 Å². The van der Waals surface area contributed by atoms with Crippen LogP contribution in [-0.2, 0) is 9.53 Å². The van der Waals surface area contributed by atoms with E-state index in [2.05, 4.69) is 4.99 Å². The normalized spacial score (nSPS) is 15.9. The van der Waals surface area contributed by atoms with E-state index in [0.29, 0.717) is 26.4 Å². The molecule has 0 saturated carbocycles. The van der Waals surface area contributed by atoms with Gasteiger partial charge in [0.15, 0.2) is 4.80 Å². The molecule has 2 aromatic carbocycles. The summed E-state index contributed by atoms with van der Waals surface area (Å²) in [4.78, 5) is 31.8. The second kappa shape index (κ2) is 9.58. The SMILES string of the molecule is CCOC(=O)C1=C(C)N=c2s/c(=C/c3ccccc3)c(=O)n2[C@H]1c1ccccc1OC(C)C. The molecule has 0 amide bonds. The maximum absolute atomic E-state index is 13.6. The van der Waals surface area contributed by atoms with Gasteiger partial charge in [0.25, 0.3) is 5.56 Å². The number of hydrogen-bond donors (Lipinski definition) is 0. The molecule has 7 heteroatoms. The number of ether oxygens (including phenoxy) is 2. The Labute approximate surface area is 196 Å². The highest BCUT2D eigenvalue weighted by atomic mass is 32.1. The second-order valence-corrected chi connectivity index (χ2v) is 8.93. The minimum Gasteiger partial charge on any atom is -0.491 e. The lowest BCUT2D eigenvalue weighted by Crippen LogP contribution is -2.40. The van der Waals surface area contributed by atoms with Crippen LogP contribution in [0.2, 0.25) is 0 Å². The lowest BCUT2D eigenvalue weighted by Gasteiger charge is -2.26. The number of aromatic nitrogens is 1. The number of hydrogen-bond acceptors (Lipinski definition) is 6. The fourth-order valence-electron chi connectivity index (χ4n) is 3.85. The van der Waals surface area contributed by atoms with Crippen LogP contribution < -0.4 is 19.6 Å². The second-order valence-electron chi connectivity index (χ2n) is 7.92. The fraction of sp³-hybridized carbons (Fsp3) is 0.269. The molecular formula is C26H26N2O4S. The maximum Gasteiger partial charge on any atom is 0.338 e. The van der Waals surface area contributed by atoms with Crippen LogP contribution in [-0.4, -0.2) is 23.2 Å². The molecule has 0 fully saturated rings. The summed E-state index contributed by atoms with van der Waals surface area (Å²) in [6.07, 6.45) is 1.78. The van der Waals surface area contributed by atoms with Gasteiger partial charge in [-0.2, -0.15) is 0 Å². The van der Waals surface area contributed by atoms with Crippen LogP contribution in [0, 0.1) is 0 Å². The number of carbonyl (C=O) groups is 1. The molecule has 1 aliphatic rings. The number of benzene rings is 2. The lowest BCUT2D eigenvalue weighted by molar-refractivity contribution is -0.139. The third kappa shape index (κ3) is 4.54. The number of rotatable bonds is 6. The average Bonchev–Trinajstić information content (AvgIpc) is 3.08. The molecule has 6 nitrogen and oxygen atoms in total.